The number of nitrogens with one attached hydrogen (secondary N) is 1. The van der Waals surface area contributed by atoms with Crippen LogP contribution in [0.5, 0.6) is 0 Å². The van der Waals surface area contributed by atoms with Crippen molar-refractivity contribution in [1.29, 1.82) is 0 Å². The van der Waals surface area contributed by atoms with Crippen molar-refractivity contribution in [2.24, 2.45) is 0 Å². The SMILES string of the molecule is Cc1cc(C)cc(CNc2cnccc2C)c1. The topological polar surface area (TPSA) is 24.9 Å². The van der Waals surface area contributed by atoms with Crippen molar-refractivity contribution in [3.63, 3.8) is 0 Å². The lowest BCUT2D eigenvalue weighted by Gasteiger charge is -2.10. The predicted octanol–water partition coefficient (Wildman–Crippen LogP) is 3.62. The van der Waals surface area contributed by atoms with Gasteiger partial charge >= 0.3 is 0 Å². The fourth-order valence-corrected chi connectivity index (χ4v) is 2.02. The maximum atomic E-state index is 4.13. The lowest BCUT2D eigenvalue weighted by atomic mass is 10.1. The summed E-state index contributed by atoms with van der Waals surface area (Å²) in [5.74, 6) is 0. The Hall–Kier alpha value is -1.83. The monoisotopic (exact) mass is 226 g/mol. The summed E-state index contributed by atoms with van der Waals surface area (Å²) >= 11 is 0. The molecule has 2 rings (SSSR count). The van der Waals surface area contributed by atoms with Crippen LogP contribution in [0.4, 0.5) is 5.69 Å². The molecule has 0 unspecified atom stereocenters. The highest BCUT2D eigenvalue weighted by Gasteiger charge is 1.99. The number of pyridine rings is 1. The van der Waals surface area contributed by atoms with Crippen LogP contribution < -0.4 is 5.32 Å². The van der Waals surface area contributed by atoms with Gasteiger partial charge in [0.25, 0.3) is 0 Å². The van der Waals surface area contributed by atoms with Gasteiger partial charge in [-0.15, -0.1) is 0 Å². The molecule has 0 fully saturated rings. The minimum Gasteiger partial charge on any atom is -0.380 e. The fraction of sp³-hybridized carbons (Fsp3) is 0.267. The van der Waals surface area contributed by atoms with E-state index in [0.29, 0.717) is 0 Å². The molecule has 88 valence electrons. The van der Waals surface area contributed by atoms with E-state index >= 15 is 0 Å². The van der Waals surface area contributed by atoms with Gasteiger partial charge in [-0.25, -0.2) is 0 Å². The molecule has 0 aliphatic rings. The van der Waals surface area contributed by atoms with E-state index < -0.39 is 0 Å². The van der Waals surface area contributed by atoms with Crippen LogP contribution in [0, 0.1) is 20.8 Å². The smallest absolute Gasteiger partial charge is 0.0559 e. The average molecular weight is 226 g/mol. The number of hydrogen-bond acceptors (Lipinski definition) is 2. The molecule has 17 heavy (non-hydrogen) atoms. The van der Waals surface area contributed by atoms with Gasteiger partial charge in [0.15, 0.2) is 0 Å². The molecule has 2 heteroatoms. The van der Waals surface area contributed by atoms with Crippen molar-refractivity contribution in [3.8, 4) is 0 Å². The molecule has 0 aliphatic carbocycles. The standard InChI is InChI=1S/C15H18N2/c1-11-6-12(2)8-14(7-11)9-17-15-10-16-5-4-13(15)3/h4-8,10,17H,9H2,1-3H3. The number of nitrogens with zero attached hydrogens (tertiary/aromatic N) is 1. The molecule has 1 N–H and O–H groups in total. The first-order valence-corrected chi connectivity index (χ1v) is 5.87. The van der Waals surface area contributed by atoms with Crippen molar-refractivity contribution in [2.45, 2.75) is 27.3 Å². The summed E-state index contributed by atoms with van der Waals surface area (Å²) in [6, 6.07) is 8.64. The van der Waals surface area contributed by atoms with Crippen LogP contribution in [0.2, 0.25) is 0 Å². The van der Waals surface area contributed by atoms with Crippen LogP contribution >= 0.6 is 0 Å². The Morgan fingerprint density at radius 1 is 1.06 bits per heavy atom. The number of rotatable bonds is 3. The van der Waals surface area contributed by atoms with Crippen molar-refractivity contribution < 1.29 is 0 Å². The zero-order chi connectivity index (χ0) is 12.3. The van der Waals surface area contributed by atoms with Gasteiger partial charge in [-0.1, -0.05) is 29.3 Å². The lowest BCUT2D eigenvalue weighted by molar-refractivity contribution is 1.11. The van der Waals surface area contributed by atoms with Gasteiger partial charge in [0, 0.05) is 12.7 Å². The van der Waals surface area contributed by atoms with Crippen LogP contribution in [0.15, 0.2) is 36.7 Å². The van der Waals surface area contributed by atoms with E-state index in [1.54, 1.807) is 0 Å². The Bertz CT molecular complexity index is 498. The highest BCUT2D eigenvalue weighted by atomic mass is 14.9. The number of hydrogen-bond donors (Lipinski definition) is 1. The van der Waals surface area contributed by atoms with Gasteiger partial charge in [0.1, 0.15) is 0 Å². The Labute approximate surface area is 103 Å². The zero-order valence-corrected chi connectivity index (χ0v) is 10.6. The first kappa shape index (κ1) is 11.6. The number of aromatic nitrogens is 1. The Morgan fingerprint density at radius 3 is 2.41 bits per heavy atom. The summed E-state index contributed by atoms with van der Waals surface area (Å²) in [6.07, 6.45) is 3.69. The molecule has 0 radical (unpaired) electrons. The van der Waals surface area contributed by atoms with Gasteiger partial charge in [-0.3, -0.25) is 4.98 Å². The van der Waals surface area contributed by atoms with E-state index in [2.05, 4.69) is 49.3 Å². The first-order valence-electron chi connectivity index (χ1n) is 5.87. The summed E-state index contributed by atoms with van der Waals surface area (Å²) in [5.41, 5.74) is 6.26. The van der Waals surface area contributed by atoms with Crippen LogP contribution in [0.25, 0.3) is 0 Å². The second-order valence-electron chi connectivity index (χ2n) is 4.54. The summed E-state index contributed by atoms with van der Waals surface area (Å²) in [6.45, 7) is 7.19. The normalized spacial score (nSPS) is 10.3. The Kier molecular flexibility index (Phi) is 3.43. The molecule has 0 aliphatic heterocycles. The maximum absolute atomic E-state index is 4.13. The quantitative estimate of drug-likeness (QED) is 0.864. The summed E-state index contributed by atoms with van der Waals surface area (Å²) in [5, 5.41) is 3.42. The highest BCUT2D eigenvalue weighted by Crippen LogP contribution is 2.14. The van der Waals surface area contributed by atoms with Gasteiger partial charge < -0.3 is 5.32 Å². The third kappa shape index (κ3) is 3.06. The highest BCUT2D eigenvalue weighted by molar-refractivity contribution is 5.48. The maximum Gasteiger partial charge on any atom is 0.0559 e. The van der Waals surface area contributed by atoms with Crippen molar-refractivity contribution in [3.05, 3.63) is 58.9 Å². The third-order valence-corrected chi connectivity index (χ3v) is 2.80. The largest absolute Gasteiger partial charge is 0.380 e. The van der Waals surface area contributed by atoms with E-state index in [1.165, 1.54) is 22.3 Å². The van der Waals surface area contributed by atoms with E-state index in [4.69, 9.17) is 0 Å². The van der Waals surface area contributed by atoms with E-state index in [0.717, 1.165) is 12.2 Å². The molecule has 0 saturated heterocycles. The molecule has 2 aromatic rings. The molecular formula is C15H18N2. The van der Waals surface area contributed by atoms with Gasteiger partial charge in [0.05, 0.1) is 11.9 Å². The van der Waals surface area contributed by atoms with Gasteiger partial charge in [-0.05, 0) is 38.0 Å². The second kappa shape index (κ2) is 5.00. The fourth-order valence-electron chi connectivity index (χ4n) is 2.02. The van der Waals surface area contributed by atoms with E-state index in [-0.39, 0.29) is 0 Å². The minimum atomic E-state index is 0.842. The van der Waals surface area contributed by atoms with E-state index in [1.807, 2.05) is 18.5 Å². The zero-order valence-electron chi connectivity index (χ0n) is 10.6. The summed E-state index contributed by atoms with van der Waals surface area (Å²) < 4.78 is 0. The molecule has 0 bridgehead atoms. The molecule has 1 aromatic heterocycles. The number of aryl methyl sites for hydroxylation is 3. The summed E-state index contributed by atoms with van der Waals surface area (Å²) in [7, 11) is 0. The predicted molar refractivity (Wildman–Crippen MR) is 72.2 cm³/mol. The molecule has 1 heterocycles. The number of anilines is 1. The van der Waals surface area contributed by atoms with Crippen molar-refractivity contribution in [1.82, 2.24) is 4.98 Å². The molecule has 2 nitrogen and oxygen atoms in total. The van der Waals surface area contributed by atoms with Crippen LogP contribution in [-0.4, -0.2) is 4.98 Å². The molecule has 0 spiro atoms. The van der Waals surface area contributed by atoms with Crippen molar-refractivity contribution >= 4 is 5.69 Å². The van der Waals surface area contributed by atoms with Crippen molar-refractivity contribution in [2.75, 3.05) is 5.32 Å². The van der Waals surface area contributed by atoms with Gasteiger partial charge in [-0.2, -0.15) is 0 Å². The molecule has 0 atom stereocenters. The van der Waals surface area contributed by atoms with E-state index in [9.17, 15) is 0 Å². The molecule has 0 amide bonds. The summed E-state index contributed by atoms with van der Waals surface area (Å²) in [4.78, 5) is 4.13. The minimum absolute atomic E-state index is 0.842. The van der Waals surface area contributed by atoms with Crippen LogP contribution in [-0.2, 0) is 6.54 Å². The van der Waals surface area contributed by atoms with Crippen LogP contribution in [0.3, 0.4) is 0 Å². The third-order valence-electron chi connectivity index (χ3n) is 2.80. The van der Waals surface area contributed by atoms with Gasteiger partial charge in [0.2, 0.25) is 0 Å². The lowest BCUT2D eigenvalue weighted by Crippen LogP contribution is -2.02. The first-order chi connectivity index (χ1) is 8.15. The average Bonchev–Trinajstić information content (AvgIpc) is 2.27. The molecular weight excluding hydrogens is 208 g/mol. The Morgan fingerprint density at radius 2 is 1.76 bits per heavy atom. The molecule has 1 aromatic carbocycles. The second-order valence-corrected chi connectivity index (χ2v) is 4.54. The number of benzene rings is 1. The van der Waals surface area contributed by atoms with Crippen LogP contribution in [0.1, 0.15) is 22.3 Å². The Balaban J connectivity index is 2.10. The molecule has 0 saturated carbocycles.